The summed E-state index contributed by atoms with van der Waals surface area (Å²) in [5.74, 6) is 0.262. The van der Waals surface area contributed by atoms with Crippen LogP contribution >= 0.6 is 34.8 Å². The van der Waals surface area contributed by atoms with Gasteiger partial charge < -0.3 is 9.47 Å². The second-order valence-electron chi connectivity index (χ2n) is 6.82. The number of ether oxygens (including phenoxy) is 2. The molecule has 30 heavy (non-hydrogen) atoms. The molecule has 0 heterocycles. The quantitative estimate of drug-likeness (QED) is 0.194. The second kappa shape index (κ2) is 10.7. The van der Waals surface area contributed by atoms with Crippen molar-refractivity contribution in [2.24, 2.45) is 0 Å². The highest BCUT2D eigenvalue weighted by molar-refractivity contribution is 6.43. The lowest BCUT2D eigenvalue weighted by atomic mass is 10.1. The lowest BCUT2D eigenvalue weighted by Crippen LogP contribution is -2.08. The molecule has 3 nitrogen and oxygen atoms in total. The Kier molecular flexibility index (Phi) is 8.03. The van der Waals surface area contributed by atoms with Crippen molar-refractivity contribution >= 4 is 40.8 Å². The predicted molar refractivity (Wildman–Crippen MR) is 122 cm³/mol. The Morgan fingerprint density at radius 3 is 2.13 bits per heavy atom. The molecule has 0 saturated heterocycles. The summed E-state index contributed by atoms with van der Waals surface area (Å²) >= 11 is 17.9. The molecule has 0 aliphatic heterocycles. The van der Waals surface area contributed by atoms with Crippen LogP contribution in [0.15, 0.2) is 60.7 Å². The average molecular weight is 464 g/mol. The first kappa shape index (κ1) is 22.5. The molecule has 0 N–H and O–H groups in total. The summed E-state index contributed by atoms with van der Waals surface area (Å²) < 4.78 is 11.1. The van der Waals surface area contributed by atoms with Crippen LogP contribution in [0, 0.1) is 0 Å². The zero-order chi connectivity index (χ0) is 21.5. The molecule has 0 bridgehead atoms. The van der Waals surface area contributed by atoms with Crippen molar-refractivity contribution in [2.75, 3.05) is 0 Å². The molecule has 0 unspecified atom stereocenters. The van der Waals surface area contributed by atoms with Crippen LogP contribution in [-0.2, 0) is 13.0 Å². The number of rotatable bonds is 8. The minimum Gasteiger partial charge on any atom is -0.489 e. The number of halogens is 3. The van der Waals surface area contributed by atoms with Crippen LogP contribution in [0.5, 0.6) is 11.5 Å². The molecule has 0 atom stereocenters. The summed E-state index contributed by atoms with van der Waals surface area (Å²) in [4.78, 5) is 12.4. The van der Waals surface area contributed by atoms with E-state index in [1.165, 1.54) is 30.5 Å². The van der Waals surface area contributed by atoms with E-state index >= 15 is 0 Å². The maximum Gasteiger partial charge on any atom is 0.343 e. The van der Waals surface area contributed by atoms with Crippen molar-refractivity contribution in [2.45, 2.75) is 32.8 Å². The zero-order valence-electron chi connectivity index (χ0n) is 16.5. The Hall–Kier alpha value is -2.20. The molecule has 0 amide bonds. The maximum absolute atomic E-state index is 12.4. The van der Waals surface area contributed by atoms with E-state index in [4.69, 9.17) is 44.3 Å². The molecule has 0 saturated carbocycles. The number of benzene rings is 3. The Morgan fingerprint density at radius 2 is 1.47 bits per heavy atom. The third-order valence-corrected chi connectivity index (χ3v) is 5.53. The highest BCUT2D eigenvalue weighted by Gasteiger charge is 2.13. The molecule has 0 aromatic heterocycles. The van der Waals surface area contributed by atoms with Crippen LogP contribution in [0.4, 0.5) is 0 Å². The lowest BCUT2D eigenvalue weighted by molar-refractivity contribution is 0.0735. The second-order valence-corrected chi connectivity index (χ2v) is 8.04. The molecular formula is C24H21Cl3O3. The summed E-state index contributed by atoms with van der Waals surface area (Å²) in [6.07, 6.45) is 3.49. The monoisotopic (exact) mass is 462 g/mol. The molecule has 0 fully saturated rings. The number of carbonyl (C=O) groups excluding carboxylic acids is 1. The summed E-state index contributed by atoms with van der Waals surface area (Å²) in [7, 11) is 0. The van der Waals surface area contributed by atoms with E-state index in [0.717, 1.165) is 12.0 Å². The Bertz CT molecular complexity index is 999. The Labute approximate surface area is 191 Å². The standard InChI is InChI=1S/C24H21Cl3O3/c1-2-3-4-16-5-7-17(8-6-16)15-29-19-11-9-18(10-12-19)24(28)30-23-14-21(26)20(25)13-22(23)27/h5-14H,2-4,15H2,1H3. The number of carbonyl (C=O) groups is 1. The molecule has 0 aliphatic carbocycles. The Balaban J connectivity index is 1.57. The molecule has 3 aromatic carbocycles. The van der Waals surface area contributed by atoms with Crippen LogP contribution in [0.2, 0.25) is 15.1 Å². The number of esters is 1. The van der Waals surface area contributed by atoms with Crippen LogP contribution in [0.3, 0.4) is 0 Å². The fraction of sp³-hybridized carbons (Fsp3) is 0.208. The molecule has 6 heteroatoms. The molecule has 0 radical (unpaired) electrons. The third-order valence-electron chi connectivity index (χ3n) is 4.51. The fourth-order valence-electron chi connectivity index (χ4n) is 2.78. The van der Waals surface area contributed by atoms with E-state index < -0.39 is 5.97 Å². The molecule has 0 spiro atoms. The number of unbranched alkanes of at least 4 members (excludes halogenated alkanes) is 1. The van der Waals surface area contributed by atoms with E-state index in [1.54, 1.807) is 24.3 Å². The van der Waals surface area contributed by atoms with Gasteiger partial charge in [-0.2, -0.15) is 0 Å². The summed E-state index contributed by atoms with van der Waals surface area (Å²) in [6.45, 7) is 2.65. The number of hydrogen-bond acceptors (Lipinski definition) is 3. The Morgan fingerprint density at radius 1 is 0.833 bits per heavy atom. The van der Waals surface area contributed by atoms with Crippen LogP contribution in [0.25, 0.3) is 0 Å². The maximum atomic E-state index is 12.4. The first-order valence-electron chi connectivity index (χ1n) is 9.63. The van der Waals surface area contributed by atoms with Crippen LogP contribution in [0.1, 0.15) is 41.3 Å². The molecule has 3 aromatic rings. The SMILES string of the molecule is CCCCc1ccc(COc2ccc(C(=O)Oc3cc(Cl)c(Cl)cc3Cl)cc2)cc1. The first-order valence-corrected chi connectivity index (χ1v) is 10.8. The van der Waals surface area contributed by atoms with Crippen molar-refractivity contribution in [3.05, 3.63) is 92.4 Å². The number of hydrogen-bond donors (Lipinski definition) is 0. The highest BCUT2D eigenvalue weighted by atomic mass is 35.5. The lowest BCUT2D eigenvalue weighted by Gasteiger charge is -2.09. The van der Waals surface area contributed by atoms with Crippen molar-refractivity contribution in [1.82, 2.24) is 0 Å². The molecular weight excluding hydrogens is 443 g/mol. The fourth-order valence-corrected chi connectivity index (χ4v) is 3.35. The van der Waals surface area contributed by atoms with Crippen molar-refractivity contribution in [1.29, 1.82) is 0 Å². The van der Waals surface area contributed by atoms with Crippen molar-refractivity contribution in [3.63, 3.8) is 0 Å². The predicted octanol–water partition coefficient (Wildman–Crippen LogP) is 7.79. The van der Waals surface area contributed by atoms with Gasteiger partial charge in [0.05, 0.1) is 20.6 Å². The zero-order valence-corrected chi connectivity index (χ0v) is 18.7. The smallest absolute Gasteiger partial charge is 0.343 e. The van der Waals surface area contributed by atoms with Gasteiger partial charge in [-0.25, -0.2) is 4.79 Å². The van der Waals surface area contributed by atoms with Gasteiger partial charge in [-0.15, -0.1) is 0 Å². The topological polar surface area (TPSA) is 35.5 Å². The van der Waals surface area contributed by atoms with Gasteiger partial charge in [0.2, 0.25) is 0 Å². The van der Waals surface area contributed by atoms with E-state index in [2.05, 4.69) is 31.2 Å². The normalized spacial score (nSPS) is 10.7. The first-order chi connectivity index (χ1) is 14.5. The summed E-state index contributed by atoms with van der Waals surface area (Å²) in [5, 5.41) is 0.753. The van der Waals surface area contributed by atoms with Gasteiger partial charge in [-0.05, 0) is 54.3 Å². The van der Waals surface area contributed by atoms with E-state index in [1.807, 2.05) is 0 Å². The van der Waals surface area contributed by atoms with Gasteiger partial charge in [-0.3, -0.25) is 0 Å². The van der Waals surface area contributed by atoms with Gasteiger partial charge >= 0.3 is 5.97 Å². The van der Waals surface area contributed by atoms with Crippen molar-refractivity contribution in [3.8, 4) is 11.5 Å². The van der Waals surface area contributed by atoms with Crippen LogP contribution < -0.4 is 9.47 Å². The van der Waals surface area contributed by atoms with Crippen LogP contribution in [-0.4, -0.2) is 5.97 Å². The van der Waals surface area contributed by atoms with Gasteiger partial charge in [0.25, 0.3) is 0 Å². The highest BCUT2D eigenvalue weighted by Crippen LogP contribution is 2.34. The average Bonchev–Trinajstić information content (AvgIpc) is 2.75. The van der Waals surface area contributed by atoms with Gasteiger partial charge in [0, 0.05) is 6.07 Å². The molecule has 0 aliphatic rings. The largest absolute Gasteiger partial charge is 0.489 e. The van der Waals surface area contributed by atoms with Gasteiger partial charge in [0.15, 0.2) is 5.75 Å². The summed E-state index contributed by atoms with van der Waals surface area (Å²) in [6, 6.07) is 18.0. The van der Waals surface area contributed by atoms with E-state index in [0.29, 0.717) is 22.9 Å². The number of aryl methyl sites for hydroxylation is 1. The molecule has 3 rings (SSSR count). The third kappa shape index (κ3) is 6.15. The van der Waals surface area contributed by atoms with E-state index in [9.17, 15) is 4.79 Å². The minimum absolute atomic E-state index is 0.152. The van der Waals surface area contributed by atoms with Gasteiger partial charge in [-0.1, -0.05) is 72.4 Å². The summed E-state index contributed by atoms with van der Waals surface area (Å²) in [5.41, 5.74) is 2.79. The van der Waals surface area contributed by atoms with Gasteiger partial charge in [0.1, 0.15) is 12.4 Å². The molecule has 156 valence electrons. The van der Waals surface area contributed by atoms with Crippen molar-refractivity contribution < 1.29 is 14.3 Å². The van der Waals surface area contributed by atoms with E-state index in [-0.39, 0.29) is 15.8 Å². The minimum atomic E-state index is -0.551.